The molecule has 0 spiro atoms. The maximum absolute atomic E-state index is 13.4. The van der Waals surface area contributed by atoms with E-state index in [9.17, 15) is 13.2 Å². The van der Waals surface area contributed by atoms with Crippen LogP contribution in [0.2, 0.25) is 0 Å². The summed E-state index contributed by atoms with van der Waals surface area (Å²) in [7, 11) is 0. The average Bonchev–Trinajstić information content (AvgIpc) is 2.52. The molecular formula is C18H15F3N4. The smallest absolute Gasteiger partial charge is 0.368 e. The van der Waals surface area contributed by atoms with Crippen molar-refractivity contribution in [3.05, 3.63) is 59.8 Å². The number of nitrogens with zero attached hydrogens (tertiary/aromatic N) is 3. The van der Waals surface area contributed by atoms with Gasteiger partial charge in [0.25, 0.3) is 0 Å². The molecular weight excluding hydrogens is 329 g/mol. The number of hydrogen-bond donors (Lipinski definition) is 1. The Morgan fingerprint density at radius 1 is 1.04 bits per heavy atom. The second-order valence-electron chi connectivity index (χ2n) is 5.64. The molecule has 1 heterocycles. The summed E-state index contributed by atoms with van der Waals surface area (Å²) in [5, 5.41) is 1.85. The number of nitrogen functional groups attached to an aromatic ring is 1. The fourth-order valence-corrected chi connectivity index (χ4v) is 2.52. The third-order valence-corrected chi connectivity index (χ3v) is 3.62. The Morgan fingerprint density at radius 2 is 1.76 bits per heavy atom. The van der Waals surface area contributed by atoms with Crippen LogP contribution in [-0.4, -0.2) is 21.9 Å². The number of alkyl halides is 3. The van der Waals surface area contributed by atoms with Crippen molar-refractivity contribution in [1.29, 1.82) is 0 Å². The van der Waals surface area contributed by atoms with Gasteiger partial charge < -0.3 is 5.73 Å². The van der Waals surface area contributed by atoms with Crippen molar-refractivity contribution in [2.24, 2.45) is 4.99 Å². The molecule has 0 aliphatic carbocycles. The molecule has 0 bridgehead atoms. The Balaban J connectivity index is 1.99. The summed E-state index contributed by atoms with van der Waals surface area (Å²) >= 11 is 0. The predicted molar refractivity (Wildman–Crippen MR) is 92.0 cm³/mol. The summed E-state index contributed by atoms with van der Waals surface area (Å²) in [6.07, 6.45) is -4.92. The molecule has 0 fully saturated rings. The SMILES string of the molecule is Cc1cc(N=C(Cc2ccc3ccccc3c2)C(F)(F)F)nc(N)n1. The molecule has 128 valence electrons. The largest absolute Gasteiger partial charge is 0.429 e. The summed E-state index contributed by atoms with van der Waals surface area (Å²) in [5.74, 6) is -0.205. The van der Waals surface area contributed by atoms with Gasteiger partial charge in [0, 0.05) is 18.2 Å². The van der Waals surface area contributed by atoms with Crippen LogP contribution in [0.5, 0.6) is 0 Å². The van der Waals surface area contributed by atoms with Crippen LogP contribution < -0.4 is 5.73 Å². The van der Waals surface area contributed by atoms with Gasteiger partial charge in [0.1, 0.15) is 5.71 Å². The third-order valence-electron chi connectivity index (χ3n) is 3.62. The van der Waals surface area contributed by atoms with Crippen molar-refractivity contribution >= 4 is 28.3 Å². The van der Waals surface area contributed by atoms with Crippen LogP contribution in [0.1, 0.15) is 11.3 Å². The normalized spacial score (nSPS) is 12.6. The first kappa shape index (κ1) is 16.9. The number of aryl methyl sites for hydroxylation is 1. The number of aromatic nitrogens is 2. The first-order chi connectivity index (χ1) is 11.8. The van der Waals surface area contributed by atoms with E-state index in [1.807, 2.05) is 24.3 Å². The average molecular weight is 344 g/mol. The number of nitrogens with two attached hydrogens (primary N) is 1. The van der Waals surface area contributed by atoms with Crippen molar-refractivity contribution in [3.63, 3.8) is 0 Å². The Bertz CT molecular complexity index is 928. The summed E-state index contributed by atoms with van der Waals surface area (Å²) in [6.45, 7) is 1.62. The molecule has 0 unspecified atom stereocenters. The highest BCUT2D eigenvalue weighted by Crippen LogP contribution is 2.25. The van der Waals surface area contributed by atoms with Gasteiger partial charge in [0.2, 0.25) is 5.95 Å². The van der Waals surface area contributed by atoms with Gasteiger partial charge in [-0.25, -0.2) is 9.98 Å². The first-order valence-corrected chi connectivity index (χ1v) is 7.55. The fourth-order valence-electron chi connectivity index (χ4n) is 2.52. The lowest BCUT2D eigenvalue weighted by Gasteiger charge is -2.11. The lowest BCUT2D eigenvalue weighted by atomic mass is 10.0. The second kappa shape index (κ2) is 6.51. The van der Waals surface area contributed by atoms with Gasteiger partial charge in [0.05, 0.1) is 0 Å². The summed E-state index contributed by atoms with van der Waals surface area (Å²) in [6, 6.07) is 14.1. The highest BCUT2D eigenvalue weighted by atomic mass is 19.4. The molecule has 0 atom stereocenters. The van der Waals surface area contributed by atoms with Crippen molar-refractivity contribution in [1.82, 2.24) is 9.97 Å². The third kappa shape index (κ3) is 4.12. The van der Waals surface area contributed by atoms with Crippen LogP contribution in [0.25, 0.3) is 10.8 Å². The molecule has 3 aromatic rings. The summed E-state index contributed by atoms with van der Waals surface area (Å²) in [4.78, 5) is 11.3. The fraction of sp³-hybridized carbons (Fsp3) is 0.167. The van der Waals surface area contributed by atoms with E-state index in [0.717, 1.165) is 10.8 Å². The van der Waals surface area contributed by atoms with Crippen molar-refractivity contribution in [2.75, 3.05) is 5.73 Å². The lowest BCUT2D eigenvalue weighted by Crippen LogP contribution is -2.25. The van der Waals surface area contributed by atoms with E-state index < -0.39 is 11.9 Å². The molecule has 0 amide bonds. The highest BCUT2D eigenvalue weighted by molar-refractivity contribution is 5.94. The van der Waals surface area contributed by atoms with Crippen molar-refractivity contribution in [3.8, 4) is 0 Å². The van der Waals surface area contributed by atoms with Crippen LogP contribution in [0.15, 0.2) is 53.5 Å². The van der Waals surface area contributed by atoms with Crippen LogP contribution in [0.3, 0.4) is 0 Å². The van der Waals surface area contributed by atoms with Crippen LogP contribution in [-0.2, 0) is 6.42 Å². The molecule has 0 radical (unpaired) electrons. The van der Waals surface area contributed by atoms with E-state index in [0.29, 0.717) is 11.3 Å². The Labute approximate surface area is 142 Å². The Hall–Kier alpha value is -2.96. The standard InChI is InChI=1S/C18H15F3N4/c1-11-8-16(25-17(22)23-11)24-15(18(19,20)21)10-12-6-7-13-4-2-3-5-14(13)9-12/h2-9H,10H2,1H3,(H2,22,23,25). The minimum absolute atomic E-state index is 0.0990. The van der Waals surface area contributed by atoms with Crippen LogP contribution in [0, 0.1) is 6.92 Å². The van der Waals surface area contributed by atoms with Crippen LogP contribution in [0.4, 0.5) is 24.9 Å². The van der Waals surface area contributed by atoms with E-state index in [2.05, 4.69) is 15.0 Å². The van der Waals surface area contributed by atoms with Gasteiger partial charge in [-0.1, -0.05) is 42.5 Å². The van der Waals surface area contributed by atoms with E-state index in [1.165, 1.54) is 6.07 Å². The van der Waals surface area contributed by atoms with Gasteiger partial charge in [0.15, 0.2) is 5.82 Å². The molecule has 0 aliphatic heterocycles. The molecule has 4 nitrogen and oxygen atoms in total. The minimum Gasteiger partial charge on any atom is -0.368 e. The molecule has 0 saturated carbocycles. The molecule has 2 aromatic carbocycles. The first-order valence-electron chi connectivity index (χ1n) is 7.55. The molecule has 25 heavy (non-hydrogen) atoms. The second-order valence-corrected chi connectivity index (χ2v) is 5.64. The van der Waals surface area contributed by atoms with Gasteiger partial charge in [-0.05, 0) is 23.3 Å². The quantitative estimate of drug-likeness (QED) is 0.716. The zero-order valence-corrected chi connectivity index (χ0v) is 13.4. The predicted octanol–water partition coefficient (Wildman–Crippen LogP) is 4.40. The van der Waals surface area contributed by atoms with Gasteiger partial charge in [-0.3, -0.25) is 0 Å². The van der Waals surface area contributed by atoms with Gasteiger partial charge >= 0.3 is 6.18 Å². The molecule has 3 rings (SSSR count). The maximum Gasteiger partial charge on any atom is 0.429 e. The topological polar surface area (TPSA) is 64.2 Å². The number of benzene rings is 2. The molecule has 7 heteroatoms. The summed E-state index contributed by atoms with van der Waals surface area (Å²) < 4.78 is 40.2. The monoisotopic (exact) mass is 344 g/mol. The van der Waals surface area contributed by atoms with E-state index in [4.69, 9.17) is 5.73 Å². The highest BCUT2D eigenvalue weighted by Gasteiger charge is 2.35. The Morgan fingerprint density at radius 3 is 2.44 bits per heavy atom. The zero-order chi connectivity index (χ0) is 18.0. The number of hydrogen-bond acceptors (Lipinski definition) is 4. The van der Waals surface area contributed by atoms with Crippen LogP contribution >= 0.6 is 0 Å². The van der Waals surface area contributed by atoms with Gasteiger partial charge in [-0.15, -0.1) is 0 Å². The van der Waals surface area contributed by atoms with Crippen molar-refractivity contribution < 1.29 is 13.2 Å². The van der Waals surface area contributed by atoms with Gasteiger partial charge in [-0.2, -0.15) is 18.2 Å². The van der Waals surface area contributed by atoms with E-state index in [-0.39, 0.29) is 18.2 Å². The molecule has 0 saturated heterocycles. The van der Waals surface area contributed by atoms with E-state index in [1.54, 1.807) is 25.1 Å². The summed E-state index contributed by atoms with van der Waals surface area (Å²) in [5.41, 5.74) is 5.53. The molecule has 1 aromatic heterocycles. The maximum atomic E-state index is 13.4. The number of fused-ring (bicyclic) bond motifs is 1. The van der Waals surface area contributed by atoms with E-state index >= 15 is 0 Å². The zero-order valence-electron chi connectivity index (χ0n) is 13.4. The molecule has 2 N–H and O–H groups in total. The Kier molecular flexibility index (Phi) is 4.39. The van der Waals surface area contributed by atoms with Crippen molar-refractivity contribution in [2.45, 2.75) is 19.5 Å². The number of halogens is 3. The number of anilines is 1. The minimum atomic E-state index is -4.57. The molecule has 0 aliphatic rings. The lowest BCUT2D eigenvalue weighted by molar-refractivity contribution is -0.0600. The number of rotatable bonds is 3. The number of aliphatic imine (C=N–C) groups is 1.